The number of anilines is 2. The minimum absolute atomic E-state index is 0.0168. The van der Waals surface area contributed by atoms with Crippen LogP contribution in [0.4, 0.5) is 11.4 Å². The Balaban J connectivity index is 2.54. The van der Waals surface area contributed by atoms with E-state index in [0.29, 0.717) is 16.9 Å². The maximum Gasteiger partial charge on any atom is 0.238 e. The first-order valence-corrected chi connectivity index (χ1v) is 12.5. The molecule has 2 aromatic carbocycles. The van der Waals surface area contributed by atoms with E-state index >= 15 is 0 Å². The number of nitrogens with two attached hydrogens (primary N) is 1. The van der Waals surface area contributed by atoms with Crippen LogP contribution in [0.3, 0.4) is 0 Å². The predicted molar refractivity (Wildman–Crippen MR) is 123 cm³/mol. The number of rotatable bonds is 10. The molecular weight excluding hydrogens is 454 g/mol. The Kier molecular flexibility index (Phi) is 8.00. The molecule has 2 aromatic rings. The van der Waals surface area contributed by atoms with E-state index < -0.39 is 19.9 Å². The van der Waals surface area contributed by atoms with Crippen molar-refractivity contribution in [2.24, 2.45) is 5.14 Å². The number of nitrogens with one attached hydrogen (secondary N) is 2. The van der Waals surface area contributed by atoms with Gasteiger partial charge in [-0.15, -0.1) is 12.8 Å². The van der Waals surface area contributed by atoms with Gasteiger partial charge in [-0.05, 0) is 18.2 Å². The fourth-order valence-electron chi connectivity index (χ4n) is 2.72. The molecule has 32 heavy (non-hydrogen) atoms. The second kappa shape index (κ2) is 10.3. The van der Waals surface area contributed by atoms with Crippen LogP contribution in [0.5, 0.6) is 11.5 Å². The lowest BCUT2D eigenvalue weighted by atomic mass is 10.1. The third-order valence-corrected chi connectivity index (χ3v) is 6.22. The SMILES string of the molecule is C#CCNc1ccc(S(N)(=O)=O)cc1OCc1cc(S(C)(=O)=O)cc(OC)c1NCC#C. The van der Waals surface area contributed by atoms with Gasteiger partial charge in [-0.3, -0.25) is 0 Å². The molecule has 0 radical (unpaired) electrons. The summed E-state index contributed by atoms with van der Waals surface area (Å²) in [5, 5.41) is 11.1. The Bertz CT molecular complexity index is 1290. The largest absolute Gasteiger partial charge is 0.495 e. The number of primary sulfonamides is 1. The number of terminal acetylenes is 2. The molecule has 0 aliphatic carbocycles. The topological polar surface area (TPSA) is 137 Å². The highest BCUT2D eigenvalue weighted by molar-refractivity contribution is 7.90. The van der Waals surface area contributed by atoms with Crippen molar-refractivity contribution in [3.05, 3.63) is 35.9 Å². The highest BCUT2D eigenvalue weighted by atomic mass is 32.2. The van der Waals surface area contributed by atoms with Crippen molar-refractivity contribution in [2.75, 3.05) is 37.1 Å². The van der Waals surface area contributed by atoms with E-state index in [0.717, 1.165) is 6.26 Å². The minimum atomic E-state index is -3.98. The molecule has 9 nitrogen and oxygen atoms in total. The Hall–Kier alpha value is -3.38. The molecule has 2 rings (SSSR count). The van der Waals surface area contributed by atoms with Gasteiger partial charge >= 0.3 is 0 Å². The molecule has 0 amide bonds. The molecule has 0 bridgehead atoms. The summed E-state index contributed by atoms with van der Waals surface area (Å²) in [4.78, 5) is -0.143. The van der Waals surface area contributed by atoms with Crippen molar-refractivity contribution in [1.82, 2.24) is 0 Å². The first-order valence-electron chi connectivity index (χ1n) is 9.06. The summed E-state index contributed by atoms with van der Waals surface area (Å²) in [7, 11) is -6.15. The molecule has 0 heterocycles. The maximum atomic E-state index is 12.1. The van der Waals surface area contributed by atoms with Gasteiger partial charge in [-0.2, -0.15) is 0 Å². The summed E-state index contributed by atoms with van der Waals surface area (Å²) in [5.41, 5.74) is 1.29. The van der Waals surface area contributed by atoms with Crippen LogP contribution < -0.4 is 25.2 Å². The highest BCUT2D eigenvalue weighted by Crippen LogP contribution is 2.34. The summed E-state index contributed by atoms with van der Waals surface area (Å²) in [6.07, 6.45) is 11.7. The van der Waals surface area contributed by atoms with Crippen molar-refractivity contribution < 1.29 is 26.3 Å². The van der Waals surface area contributed by atoms with Gasteiger partial charge in [0.15, 0.2) is 9.84 Å². The van der Waals surface area contributed by atoms with Gasteiger partial charge in [0, 0.05) is 24.0 Å². The fourth-order valence-corrected chi connectivity index (χ4v) is 3.93. The number of sulfone groups is 1. The zero-order valence-electron chi connectivity index (χ0n) is 17.5. The minimum Gasteiger partial charge on any atom is -0.495 e. The summed E-state index contributed by atoms with van der Waals surface area (Å²) in [5.74, 6) is 5.25. The molecule has 0 spiro atoms. The van der Waals surface area contributed by atoms with Crippen LogP contribution in [-0.4, -0.2) is 43.3 Å². The van der Waals surface area contributed by atoms with Crippen molar-refractivity contribution in [3.63, 3.8) is 0 Å². The predicted octanol–water partition coefficient (Wildman–Crippen LogP) is 1.42. The quantitative estimate of drug-likeness (QED) is 0.437. The zero-order chi connectivity index (χ0) is 23.9. The molecule has 0 saturated heterocycles. The van der Waals surface area contributed by atoms with Crippen LogP contribution in [0.1, 0.15) is 5.56 Å². The van der Waals surface area contributed by atoms with Crippen LogP contribution in [0.25, 0.3) is 0 Å². The molecule has 4 N–H and O–H groups in total. The molecular formula is C21H23N3O6S2. The number of sulfonamides is 1. The number of hydrogen-bond acceptors (Lipinski definition) is 8. The number of ether oxygens (including phenoxy) is 2. The second-order valence-corrected chi connectivity index (χ2v) is 10.1. The summed E-state index contributed by atoms with van der Waals surface area (Å²) in [6.45, 7) is 0.167. The van der Waals surface area contributed by atoms with Crippen LogP contribution in [0.15, 0.2) is 40.1 Å². The molecule has 0 saturated carbocycles. The van der Waals surface area contributed by atoms with Gasteiger partial charge in [0.2, 0.25) is 10.0 Å². The summed E-state index contributed by atoms with van der Waals surface area (Å²) >= 11 is 0. The van der Waals surface area contributed by atoms with Gasteiger partial charge in [-0.1, -0.05) is 11.8 Å². The average Bonchev–Trinajstić information content (AvgIpc) is 2.73. The smallest absolute Gasteiger partial charge is 0.238 e. The van der Waals surface area contributed by atoms with Gasteiger partial charge in [0.1, 0.15) is 18.1 Å². The molecule has 11 heteroatoms. The van der Waals surface area contributed by atoms with E-state index in [4.69, 9.17) is 27.5 Å². The summed E-state index contributed by atoms with van der Waals surface area (Å²) < 4.78 is 58.9. The fraction of sp³-hybridized carbons (Fsp3) is 0.238. The van der Waals surface area contributed by atoms with Crippen molar-refractivity contribution >= 4 is 31.2 Å². The van der Waals surface area contributed by atoms with E-state index in [1.54, 1.807) is 0 Å². The van der Waals surface area contributed by atoms with Crippen molar-refractivity contribution in [2.45, 2.75) is 16.4 Å². The van der Waals surface area contributed by atoms with Crippen molar-refractivity contribution in [1.29, 1.82) is 0 Å². The first-order chi connectivity index (χ1) is 15.0. The van der Waals surface area contributed by atoms with Gasteiger partial charge in [0.25, 0.3) is 0 Å². The first kappa shape index (κ1) is 24.9. The monoisotopic (exact) mass is 477 g/mol. The number of benzene rings is 2. The second-order valence-electron chi connectivity index (χ2n) is 6.54. The molecule has 0 unspecified atom stereocenters. The molecule has 0 fully saturated rings. The molecule has 0 aliphatic rings. The van der Waals surface area contributed by atoms with Gasteiger partial charge in [-0.25, -0.2) is 22.0 Å². The van der Waals surface area contributed by atoms with E-state index in [9.17, 15) is 16.8 Å². The normalized spacial score (nSPS) is 11.2. The van der Waals surface area contributed by atoms with Gasteiger partial charge in [0.05, 0.1) is 41.4 Å². The van der Waals surface area contributed by atoms with E-state index in [2.05, 4.69) is 22.5 Å². The Labute approximate surface area is 188 Å². The zero-order valence-corrected chi connectivity index (χ0v) is 19.1. The Morgan fingerprint density at radius 2 is 1.59 bits per heavy atom. The third-order valence-electron chi connectivity index (χ3n) is 4.22. The van der Waals surface area contributed by atoms with Crippen LogP contribution in [-0.2, 0) is 26.5 Å². The van der Waals surface area contributed by atoms with Gasteiger partial charge < -0.3 is 20.1 Å². The molecule has 0 aromatic heterocycles. The molecule has 170 valence electrons. The van der Waals surface area contributed by atoms with Crippen molar-refractivity contribution in [3.8, 4) is 36.2 Å². The Morgan fingerprint density at radius 3 is 2.16 bits per heavy atom. The lowest BCUT2D eigenvalue weighted by Crippen LogP contribution is -2.13. The van der Waals surface area contributed by atoms with E-state index in [-0.39, 0.29) is 41.0 Å². The average molecular weight is 478 g/mol. The maximum absolute atomic E-state index is 12.1. The highest BCUT2D eigenvalue weighted by Gasteiger charge is 2.18. The van der Waals surface area contributed by atoms with E-state index in [1.807, 2.05) is 0 Å². The van der Waals surface area contributed by atoms with E-state index in [1.165, 1.54) is 37.4 Å². The van der Waals surface area contributed by atoms with Crippen LogP contribution in [0.2, 0.25) is 0 Å². The summed E-state index contributed by atoms with van der Waals surface area (Å²) in [6, 6.07) is 6.83. The lowest BCUT2D eigenvalue weighted by Gasteiger charge is -2.18. The van der Waals surface area contributed by atoms with Crippen LogP contribution in [0, 0.1) is 24.7 Å². The number of methoxy groups -OCH3 is 1. The Morgan fingerprint density at radius 1 is 0.969 bits per heavy atom. The molecule has 0 atom stereocenters. The molecule has 0 aliphatic heterocycles. The standard InChI is InChI=1S/C21H23N3O6S2/c1-5-9-23-18-8-7-16(32(22,27)28)12-19(18)30-14-15-11-17(31(4,25)26)13-20(29-3)21(15)24-10-6-2/h1-2,7-8,11-13,23-24H,9-10,14H2,3-4H3,(H2,22,27,28). The van der Waals surface area contributed by atoms with Crippen LogP contribution >= 0.6 is 0 Å². The lowest BCUT2D eigenvalue weighted by molar-refractivity contribution is 0.306. The number of hydrogen-bond donors (Lipinski definition) is 3. The third kappa shape index (κ3) is 6.31.